The summed E-state index contributed by atoms with van der Waals surface area (Å²) in [6.45, 7) is 7.73. The van der Waals surface area contributed by atoms with Crippen LogP contribution in [0.1, 0.15) is 43.6 Å². The summed E-state index contributed by atoms with van der Waals surface area (Å²) in [5, 5.41) is 5.20. The maximum atomic E-state index is 13.5. The molecule has 0 aliphatic heterocycles. The van der Waals surface area contributed by atoms with E-state index >= 15 is 0 Å². The Morgan fingerprint density at radius 3 is 2.31 bits per heavy atom. The standard InChI is InChI=1S/C22H26F2N2O3/c1-14(13-29-19-10-9-17(23)11-18(19)24)26-20(27)12-25-21(28)15-5-7-16(8-6-15)22(2,3)4/h5-11,14H,12-13H2,1-4H3,(H,25,28)(H,26,27). The molecule has 2 rings (SSSR count). The highest BCUT2D eigenvalue weighted by Gasteiger charge is 2.15. The van der Waals surface area contributed by atoms with Crippen LogP contribution in [0.4, 0.5) is 8.78 Å². The Morgan fingerprint density at radius 2 is 1.72 bits per heavy atom. The quantitative estimate of drug-likeness (QED) is 0.741. The molecule has 0 radical (unpaired) electrons. The largest absolute Gasteiger partial charge is 0.488 e. The zero-order valence-corrected chi connectivity index (χ0v) is 17.0. The number of rotatable bonds is 7. The number of amides is 2. The topological polar surface area (TPSA) is 67.4 Å². The van der Waals surface area contributed by atoms with Gasteiger partial charge in [0.1, 0.15) is 12.4 Å². The molecule has 2 amide bonds. The van der Waals surface area contributed by atoms with Crippen LogP contribution in [-0.2, 0) is 10.2 Å². The van der Waals surface area contributed by atoms with Crippen molar-refractivity contribution in [1.82, 2.24) is 10.6 Å². The van der Waals surface area contributed by atoms with E-state index in [4.69, 9.17) is 4.74 Å². The van der Waals surface area contributed by atoms with Crippen LogP contribution in [0.2, 0.25) is 0 Å². The van der Waals surface area contributed by atoms with Gasteiger partial charge in [0.15, 0.2) is 11.6 Å². The summed E-state index contributed by atoms with van der Waals surface area (Å²) in [5.74, 6) is -2.36. The van der Waals surface area contributed by atoms with Crippen LogP contribution in [-0.4, -0.2) is 31.0 Å². The first-order valence-corrected chi connectivity index (χ1v) is 9.32. The SMILES string of the molecule is CC(COc1ccc(F)cc1F)NC(=O)CNC(=O)c1ccc(C(C)(C)C)cc1. The zero-order valence-electron chi connectivity index (χ0n) is 17.0. The maximum absolute atomic E-state index is 13.5. The van der Waals surface area contributed by atoms with Gasteiger partial charge in [-0.25, -0.2) is 8.78 Å². The Morgan fingerprint density at radius 1 is 1.07 bits per heavy atom. The number of nitrogens with one attached hydrogen (secondary N) is 2. The van der Waals surface area contributed by atoms with Gasteiger partial charge in [-0.1, -0.05) is 32.9 Å². The minimum absolute atomic E-state index is 0.00347. The number of carbonyl (C=O) groups excluding carboxylic acids is 2. The molecule has 7 heteroatoms. The molecule has 0 aliphatic carbocycles. The highest BCUT2D eigenvalue weighted by Crippen LogP contribution is 2.22. The summed E-state index contributed by atoms with van der Waals surface area (Å²) < 4.78 is 31.6. The van der Waals surface area contributed by atoms with Gasteiger partial charge in [-0.05, 0) is 42.2 Å². The van der Waals surface area contributed by atoms with E-state index in [2.05, 4.69) is 31.4 Å². The summed E-state index contributed by atoms with van der Waals surface area (Å²) in [6.07, 6.45) is 0. The van der Waals surface area contributed by atoms with Crippen LogP contribution < -0.4 is 15.4 Å². The summed E-state index contributed by atoms with van der Waals surface area (Å²) in [6, 6.07) is 9.79. The Kier molecular flexibility index (Phi) is 7.31. The third-order valence-electron chi connectivity index (χ3n) is 4.21. The number of halogens is 2. The molecular formula is C22H26F2N2O3. The lowest BCUT2D eigenvalue weighted by atomic mass is 9.87. The van der Waals surface area contributed by atoms with E-state index in [1.807, 2.05) is 12.1 Å². The lowest BCUT2D eigenvalue weighted by Gasteiger charge is -2.19. The fraction of sp³-hybridized carbons (Fsp3) is 0.364. The second kappa shape index (κ2) is 9.49. The van der Waals surface area contributed by atoms with Crippen molar-refractivity contribution in [2.24, 2.45) is 0 Å². The van der Waals surface area contributed by atoms with Crippen molar-refractivity contribution in [2.45, 2.75) is 39.2 Å². The lowest BCUT2D eigenvalue weighted by molar-refractivity contribution is -0.120. The lowest BCUT2D eigenvalue weighted by Crippen LogP contribution is -2.43. The van der Waals surface area contributed by atoms with E-state index in [0.29, 0.717) is 5.56 Å². The van der Waals surface area contributed by atoms with Crippen LogP contribution in [0.5, 0.6) is 5.75 Å². The average Bonchev–Trinajstić information content (AvgIpc) is 2.65. The van der Waals surface area contributed by atoms with Gasteiger partial charge in [-0.15, -0.1) is 0 Å². The third kappa shape index (κ3) is 6.85. The highest BCUT2D eigenvalue weighted by molar-refractivity contribution is 5.96. The Labute approximate surface area is 169 Å². The molecule has 1 atom stereocenters. The number of hydrogen-bond donors (Lipinski definition) is 2. The molecule has 29 heavy (non-hydrogen) atoms. The van der Waals surface area contributed by atoms with E-state index in [1.54, 1.807) is 19.1 Å². The van der Waals surface area contributed by atoms with E-state index < -0.39 is 23.6 Å². The van der Waals surface area contributed by atoms with Crippen molar-refractivity contribution in [3.8, 4) is 5.75 Å². The van der Waals surface area contributed by atoms with Gasteiger partial charge in [-0.3, -0.25) is 9.59 Å². The highest BCUT2D eigenvalue weighted by atomic mass is 19.1. The van der Waals surface area contributed by atoms with Crippen LogP contribution >= 0.6 is 0 Å². The molecule has 0 aromatic heterocycles. The van der Waals surface area contributed by atoms with E-state index in [0.717, 1.165) is 17.7 Å². The first-order valence-electron chi connectivity index (χ1n) is 9.32. The van der Waals surface area contributed by atoms with Crippen molar-refractivity contribution in [3.63, 3.8) is 0 Å². The van der Waals surface area contributed by atoms with E-state index in [1.165, 1.54) is 6.07 Å². The second-order valence-corrected chi connectivity index (χ2v) is 7.86. The third-order valence-corrected chi connectivity index (χ3v) is 4.21. The first-order chi connectivity index (χ1) is 13.6. The van der Waals surface area contributed by atoms with Gasteiger partial charge in [-0.2, -0.15) is 0 Å². The normalized spacial score (nSPS) is 12.2. The molecule has 0 fully saturated rings. The number of carbonyl (C=O) groups is 2. The molecule has 2 aromatic carbocycles. The van der Waals surface area contributed by atoms with Crippen molar-refractivity contribution in [1.29, 1.82) is 0 Å². The Bertz CT molecular complexity index is 861. The molecule has 0 saturated carbocycles. The summed E-state index contributed by atoms with van der Waals surface area (Å²) in [7, 11) is 0. The van der Waals surface area contributed by atoms with Crippen molar-refractivity contribution in [3.05, 3.63) is 65.2 Å². The molecule has 2 aromatic rings. The van der Waals surface area contributed by atoms with Gasteiger partial charge in [0.25, 0.3) is 5.91 Å². The maximum Gasteiger partial charge on any atom is 0.251 e. The van der Waals surface area contributed by atoms with Crippen LogP contribution in [0.3, 0.4) is 0 Å². The molecular weight excluding hydrogens is 378 g/mol. The monoisotopic (exact) mass is 404 g/mol. The van der Waals surface area contributed by atoms with Gasteiger partial charge < -0.3 is 15.4 Å². The van der Waals surface area contributed by atoms with Crippen LogP contribution in [0.15, 0.2) is 42.5 Å². The van der Waals surface area contributed by atoms with Gasteiger partial charge in [0.05, 0.1) is 12.6 Å². The first kappa shape index (κ1) is 22.3. The molecule has 5 nitrogen and oxygen atoms in total. The number of ether oxygens (including phenoxy) is 1. The Balaban J connectivity index is 1.77. The minimum Gasteiger partial charge on any atom is -0.488 e. The number of benzene rings is 2. The molecule has 0 spiro atoms. The van der Waals surface area contributed by atoms with E-state index in [-0.39, 0.29) is 30.2 Å². The Hall–Kier alpha value is -2.96. The predicted octanol–water partition coefficient (Wildman–Crippen LogP) is 3.58. The summed E-state index contributed by atoms with van der Waals surface area (Å²) in [5.41, 5.74) is 1.57. The molecule has 0 bridgehead atoms. The smallest absolute Gasteiger partial charge is 0.251 e. The minimum atomic E-state index is -0.812. The van der Waals surface area contributed by atoms with Crippen molar-refractivity contribution >= 4 is 11.8 Å². The fourth-order valence-electron chi connectivity index (χ4n) is 2.56. The van der Waals surface area contributed by atoms with Crippen molar-refractivity contribution < 1.29 is 23.1 Å². The van der Waals surface area contributed by atoms with Gasteiger partial charge >= 0.3 is 0 Å². The van der Waals surface area contributed by atoms with Crippen LogP contribution in [0.25, 0.3) is 0 Å². The second-order valence-electron chi connectivity index (χ2n) is 7.86. The molecule has 0 saturated heterocycles. The molecule has 0 aliphatic rings. The molecule has 2 N–H and O–H groups in total. The van der Waals surface area contributed by atoms with E-state index in [9.17, 15) is 18.4 Å². The average molecular weight is 404 g/mol. The summed E-state index contributed by atoms with van der Waals surface area (Å²) >= 11 is 0. The fourth-order valence-corrected chi connectivity index (χ4v) is 2.56. The molecule has 0 heterocycles. The molecule has 1 unspecified atom stereocenters. The molecule has 156 valence electrons. The zero-order chi connectivity index (χ0) is 21.6. The van der Waals surface area contributed by atoms with Crippen molar-refractivity contribution in [2.75, 3.05) is 13.2 Å². The van der Waals surface area contributed by atoms with Gasteiger partial charge in [0, 0.05) is 11.6 Å². The summed E-state index contributed by atoms with van der Waals surface area (Å²) in [4.78, 5) is 24.2. The van der Waals surface area contributed by atoms with Crippen LogP contribution in [0, 0.1) is 11.6 Å². The predicted molar refractivity (Wildman–Crippen MR) is 107 cm³/mol. The number of hydrogen-bond acceptors (Lipinski definition) is 3. The van der Waals surface area contributed by atoms with Gasteiger partial charge in [0.2, 0.25) is 5.91 Å².